The van der Waals surface area contributed by atoms with E-state index in [2.05, 4.69) is 55.5 Å². The van der Waals surface area contributed by atoms with Crippen LogP contribution in [-0.4, -0.2) is 6.54 Å². The van der Waals surface area contributed by atoms with Crippen LogP contribution in [0.2, 0.25) is 0 Å². The Labute approximate surface area is 109 Å². The molecule has 0 aliphatic rings. The first-order chi connectivity index (χ1) is 8.81. The predicted molar refractivity (Wildman–Crippen MR) is 79.3 cm³/mol. The van der Waals surface area contributed by atoms with Gasteiger partial charge in [-0.3, -0.25) is 0 Å². The molecule has 0 aliphatic carbocycles. The maximum atomic E-state index is 5.76. The zero-order valence-electron chi connectivity index (χ0n) is 10.7. The van der Waals surface area contributed by atoms with Gasteiger partial charge in [-0.05, 0) is 29.2 Å². The summed E-state index contributed by atoms with van der Waals surface area (Å²) in [7, 11) is 0. The first kappa shape index (κ1) is 12.6. The average Bonchev–Trinajstić information content (AvgIpc) is 2.45. The Balaban J connectivity index is 2.26. The van der Waals surface area contributed by atoms with Crippen molar-refractivity contribution in [2.45, 2.75) is 12.8 Å². The fourth-order valence-corrected chi connectivity index (χ4v) is 1.99. The van der Waals surface area contributed by atoms with Crippen molar-refractivity contribution in [1.29, 1.82) is 0 Å². The smallest absolute Gasteiger partial charge is 0.00107 e. The number of rotatable bonds is 4. The Morgan fingerprint density at radius 2 is 1.61 bits per heavy atom. The zero-order chi connectivity index (χ0) is 12.8. The Morgan fingerprint density at radius 1 is 0.944 bits per heavy atom. The monoisotopic (exact) mass is 237 g/mol. The molecule has 0 saturated carbocycles. The van der Waals surface area contributed by atoms with Crippen LogP contribution < -0.4 is 5.73 Å². The first-order valence-electron chi connectivity index (χ1n) is 6.33. The fraction of sp³-hybridized carbons (Fsp3) is 0.176. The van der Waals surface area contributed by atoms with Crippen LogP contribution in [0.5, 0.6) is 0 Å². The topological polar surface area (TPSA) is 26.0 Å². The highest BCUT2D eigenvalue weighted by Gasteiger charge is 2.05. The Kier molecular flexibility index (Phi) is 4.32. The highest BCUT2D eigenvalue weighted by molar-refractivity contribution is 5.71. The normalized spacial score (nSPS) is 12.8. The van der Waals surface area contributed by atoms with Gasteiger partial charge in [0.25, 0.3) is 0 Å². The third-order valence-corrected chi connectivity index (χ3v) is 3.14. The van der Waals surface area contributed by atoms with Gasteiger partial charge >= 0.3 is 0 Å². The maximum absolute atomic E-state index is 5.76. The lowest BCUT2D eigenvalue weighted by Gasteiger charge is -2.12. The SMILES string of the molecule is CC(CN)c1ccccc1C=Cc1ccccc1. The van der Waals surface area contributed by atoms with Crippen molar-refractivity contribution in [3.05, 3.63) is 71.3 Å². The molecule has 0 aromatic heterocycles. The molecule has 0 amide bonds. The van der Waals surface area contributed by atoms with Crippen molar-refractivity contribution < 1.29 is 0 Å². The van der Waals surface area contributed by atoms with Gasteiger partial charge < -0.3 is 5.73 Å². The van der Waals surface area contributed by atoms with Crippen LogP contribution in [0, 0.1) is 0 Å². The Hall–Kier alpha value is -1.86. The van der Waals surface area contributed by atoms with Gasteiger partial charge in [-0.1, -0.05) is 73.7 Å². The lowest BCUT2D eigenvalue weighted by Crippen LogP contribution is -2.09. The van der Waals surface area contributed by atoms with E-state index in [9.17, 15) is 0 Å². The number of hydrogen-bond donors (Lipinski definition) is 1. The molecule has 2 rings (SSSR count). The molecule has 0 radical (unpaired) electrons. The number of benzene rings is 2. The minimum absolute atomic E-state index is 0.390. The molecule has 1 nitrogen and oxygen atoms in total. The summed E-state index contributed by atoms with van der Waals surface area (Å²) < 4.78 is 0. The molecule has 0 fully saturated rings. The standard InChI is InChI=1S/C17H19N/c1-14(13-18)17-10-6-5-9-16(17)12-11-15-7-3-2-4-8-15/h2-12,14H,13,18H2,1H3. The molecule has 2 N–H and O–H groups in total. The van der Waals surface area contributed by atoms with Crippen LogP contribution in [0.25, 0.3) is 12.2 Å². The second-order valence-electron chi connectivity index (χ2n) is 4.51. The summed E-state index contributed by atoms with van der Waals surface area (Å²) in [5.41, 5.74) is 9.53. The van der Waals surface area contributed by atoms with Gasteiger partial charge in [-0.2, -0.15) is 0 Å². The molecule has 0 spiro atoms. The molecule has 0 heterocycles. The maximum Gasteiger partial charge on any atom is -0.00107 e. The molecular weight excluding hydrogens is 218 g/mol. The molecule has 1 unspecified atom stereocenters. The Morgan fingerprint density at radius 3 is 2.33 bits per heavy atom. The zero-order valence-corrected chi connectivity index (χ0v) is 10.7. The van der Waals surface area contributed by atoms with E-state index in [1.54, 1.807) is 0 Å². The van der Waals surface area contributed by atoms with E-state index >= 15 is 0 Å². The molecule has 2 aromatic rings. The molecule has 1 atom stereocenters. The lowest BCUT2D eigenvalue weighted by atomic mass is 9.95. The molecule has 2 aromatic carbocycles. The van der Waals surface area contributed by atoms with Gasteiger partial charge in [0.1, 0.15) is 0 Å². The number of nitrogens with two attached hydrogens (primary N) is 1. The summed E-state index contributed by atoms with van der Waals surface area (Å²) >= 11 is 0. The van der Waals surface area contributed by atoms with Crippen molar-refractivity contribution in [2.24, 2.45) is 5.73 Å². The van der Waals surface area contributed by atoms with Crippen LogP contribution >= 0.6 is 0 Å². The van der Waals surface area contributed by atoms with Gasteiger partial charge in [0.2, 0.25) is 0 Å². The second-order valence-corrected chi connectivity index (χ2v) is 4.51. The van der Waals surface area contributed by atoms with Crippen LogP contribution in [-0.2, 0) is 0 Å². The largest absolute Gasteiger partial charge is 0.330 e. The third-order valence-electron chi connectivity index (χ3n) is 3.14. The van der Waals surface area contributed by atoms with Gasteiger partial charge in [0.15, 0.2) is 0 Å². The molecule has 0 bridgehead atoms. The molecule has 92 valence electrons. The molecular formula is C17H19N. The number of hydrogen-bond acceptors (Lipinski definition) is 1. The van der Waals surface area contributed by atoms with E-state index in [1.165, 1.54) is 16.7 Å². The van der Waals surface area contributed by atoms with Crippen molar-refractivity contribution in [3.8, 4) is 0 Å². The van der Waals surface area contributed by atoms with Crippen molar-refractivity contribution in [3.63, 3.8) is 0 Å². The predicted octanol–water partition coefficient (Wildman–Crippen LogP) is 3.92. The molecule has 0 aliphatic heterocycles. The fourth-order valence-electron chi connectivity index (χ4n) is 1.99. The Bertz CT molecular complexity index is 514. The van der Waals surface area contributed by atoms with E-state index in [1.807, 2.05) is 18.2 Å². The summed E-state index contributed by atoms with van der Waals surface area (Å²) in [6.45, 7) is 2.84. The van der Waals surface area contributed by atoms with E-state index in [4.69, 9.17) is 5.73 Å². The van der Waals surface area contributed by atoms with Gasteiger partial charge in [-0.25, -0.2) is 0 Å². The van der Waals surface area contributed by atoms with Gasteiger partial charge in [0, 0.05) is 0 Å². The molecule has 1 heteroatoms. The van der Waals surface area contributed by atoms with E-state index in [-0.39, 0.29) is 0 Å². The van der Waals surface area contributed by atoms with Crippen molar-refractivity contribution >= 4 is 12.2 Å². The van der Waals surface area contributed by atoms with Gasteiger partial charge in [0.05, 0.1) is 0 Å². The van der Waals surface area contributed by atoms with Crippen molar-refractivity contribution in [2.75, 3.05) is 6.54 Å². The van der Waals surface area contributed by atoms with Crippen molar-refractivity contribution in [1.82, 2.24) is 0 Å². The summed E-state index contributed by atoms with van der Waals surface area (Å²) in [5, 5.41) is 0. The summed E-state index contributed by atoms with van der Waals surface area (Å²) in [4.78, 5) is 0. The van der Waals surface area contributed by atoms with Crippen LogP contribution in [0.4, 0.5) is 0 Å². The molecule has 0 saturated heterocycles. The first-order valence-corrected chi connectivity index (χ1v) is 6.33. The van der Waals surface area contributed by atoms with Crippen LogP contribution in [0.15, 0.2) is 54.6 Å². The van der Waals surface area contributed by atoms with Crippen LogP contribution in [0.3, 0.4) is 0 Å². The summed E-state index contributed by atoms with van der Waals surface area (Å²) in [6.07, 6.45) is 4.30. The van der Waals surface area contributed by atoms with Crippen LogP contribution in [0.1, 0.15) is 29.5 Å². The minimum atomic E-state index is 0.390. The van der Waals surface area contributed by atoms with E-state index in [0.717, 1.165) is 0 Å². The lowest BCUT2D eigenvalue weighted by molar-refractivity contribution is 0.772. The quantitative estimate of drug-likeness (QED) is 0.801. The highest BCUT2D eigenvalue weighted by atomic mass is 14.5. The third kappa shape index (κ3) is 3.08. The van der Waals surface area contributed by atoms with E-state index in [0.29, 0.717) is 12.5 Å². The summed E-state index contributed by atoms with van der Waals surface area (Å²) in [6, 6.07) is 18.8. The average molecular weight is 237 g/mol. The second kappa shape index (κ2) is 6.18. The van der Waals surface area contributed by atoms with E-state index < -0.39 is 0 Å². The summed E-state index contributed by atoms with van der Waals surface area (Å²) in [5.74, 6) is 0.390. The van der Waals surface area contributed by atoms with Gasteiger partial charge in [-0.15, -0.1) is 0 Å². The minimum Gasteiger partial charge on any atom is -0.330 e. The molecule has 18 heavy (non-hydrogen) atoms. The highest BCUT2D eigenvalue weighted by Crippen LogP contribution is 2.20.